The van der Waals surface area contributed by atoms with Crippen molar-refractivity contribution < 1.29 is 20.3 Å². The standard InChI is InChI=1S/C6H14O4/c1-3-5-6(4-2,9-7)10-8/h7-8H,3-5H2,1-2H3. The Hall–Kier alpha value is -0.160. The van der Waals surface area contributed by atoms with Crippen molar-refractivity contribution in [2.45, 2.75) is 38.9 Å². The van der Waals surface area contributed by atoms with Crippen LogP contribution in [0.15, 0.2) is 0 Å². The fourth-order valence-electron chi connectivity index (χ4n) is 0.795. The molecule has 0 bridgehead atoms. The largest absolute Gasteiger partial charge is 0.249 e. The minimum absolute atomic E-state index is 0.411. The van der Waals surface area contributed by atoms with Gasteiger partial charge in [0.2, 0.25) is 5.79 Å². The summed E-state index contributed by atoms with van der Waals surface area (Å²) in [5.74, 6) is -1.21. The van der Waals surface area contributed by atoms with E-state index in [2.05, 4.69) is 9.78 Å². The van der Waals surface area contributed by atoms with Gasteiger partial charge in [0.15, 0.2) is 0 Å². The highest BCUT2D eigenvalue weighted by Gasteiger charge is 2.29. The molecular formula is C6H14O4. The van der Waals surface area contributed by atoms with Gasteiger partial charge < -0.3 is 0 Å². The molecule has 0 aliphatic rings. The Morgan fingerprint density at radius 1 is 1.20 bits per heavy atom. The summed E-state index contributed by atoms with van der Waals surface area (Å²) in [5, 5.41) is 16.6. The molecule has 0 rings (SSSR count). The van der Waals surface area contributed by atoms with E-state index in [1.807, 2.05) is 6.92 Å². The van der Waals surface area contributed by atoms with E-state index in [1.54, 1.807) is 6.92 Å². The summed E-state index contributed by atoms with van der Waals surface area (Å²) in [5.41, 5.74) is 0. The molecule has 0 saturated carbocycles. The zero-order valence-electron chi connectivity index (χ0n) is 6.33. The molecule has 0 aromatic heterocycles. The highest BCUT2D eigenvalue weighted by Crippen LogP contribution is 2.21. The Kier molecular flexibility index (Phi) is 4.55. The summed E-state index contributed by atoms with van der Waals surface area (Å²) in [6, 6.07) is 0. The molecule has 0 spiro atoms. The maximum atomic E-state index is 8.32. The normalized spacial score (nSPS) is 12.0. The lowest BCUT2D eigenvalue weighted by molar-refractivity contribution is -0.488. The first-order valence-corrected chi connectivity index (χ1v) is 3.39. The summed E-state index contributed by atoms with van der Waals surface area (Å²) < 4.78 is 0. The molecule has 62 valence electrons. The number of rotatable bonds is 5. The molecule has 0 fully saturated rings. The minimum Gasteiger partial charge on any atom is -0.249 e. The predicted octanol–water partition coefficient (Wildman–Crippen LogP) is 1.87. The van der Waals surface area contributed by atoms with Gasteiger partial charge in [-0.2, -0.15) is 0 Å². The first kappa shape index (κ1) is 9.84. The van der Waals surface area contributed by atoms with E-state index in [1.165, 1.54) is 0 Å². The maximum Gasteiger partial charge on any atom is 0.233 e. The quantitative estimate of drug-likeness (QED) is 0.357. The van der Waals surface area contributed by atoms with Crippen LogP contribution in [0.4, 0.5) is 0 Å². The second-order valence-corrected chi connectivity index (χ2v) is 2.20. The molecule has 0 aliphatic heterocycles. The second kappa shape index (κ2) is 4.62. The number of hydrogen-bond acceptors (Lipinski definition) is 4. The lowest BCUT2D eigenvalue weighted by atomic mass is 10.1. The van der Waals surface area contributed by atoms with E-state index in [4.69, 9.17) is 10.5 Å². The van der Waals surface area contributed by atoms with Gasteiger partial charge in [0.25, 0.3) is 0 Å². The van der Waals surface area contributed by atoms with Gasteiger partial charge in [-0.15, -0.1) is 0 Å². The smallest absolute Gasteiger partial charge is 0.233 e. The Balaban J connectivity index is 3.87. The van der Waals surface area contributed by atoms with Crippen LogP contribution in [-0.2, 0) is 9.78 Å². The Labute approximate surface area is 60.2 Å². The first-order chi connectivity index (χ1) is 4.74. The van der Waals surface area contributed by atoms with E-state index >= 15 is 0 Å². The molecule has 0 radical (unpaired) electrons. The van der Waals surface area contributed by atoms with Crippen molar-refractivity contribution >= 4 is 0 Å². The molecule has 10 heavy (non-hydrogen) atoms. The summed E-state index contributed by atoms with van der Waals surface area (Å²) in [7, 11) is 0. The van der Waals surface area contributed by atoms with E-state index < -0.39 is 5.79 Å². The number of hydrogen-bond donors (Lipinski definition) is 2. The van der Waals surface area contributed by atoms with Gasteiger partial charge in [-0.1, -0.05) is 20.3 Å². The van der Waals surface area contributed by atoms with Crippen LogP contribution in [-0.4, -0.2) is 16.3 Å². The maximum absolute atomic E-state index is 8.32. The molecule has 0 heterocycles. The van der Waals surface area contributed by atoms with Gasteiger partial charge in [0.1, 0.15) is 0 Å². The summed E-state index contributed by atoms with van der Waals surface area (Å²) in [6.07, 6.45) is 1.65. The molecule has 0 aromatic rings. The summed E-state index contributed by atoms with van der Waals surface area (Å²) >= 11 is 0. The van der Waals surface area contributed by atoms with Gasteiger partial charge in [-0.3, -0.25) is 0 Å². The molecule has 0 aromatic carbocycles. The zero-order valence-corrected chi connectivity index (χ0v) is 6.33. The summed E-state index contributed by atoms with van der Waals surface area (Å²) in [6.45, 7) is 3.66. The zero-order chi connectivity index (χ0) is 8.04. The van der Waals surface area contributed by atoms with Gasteiger partial charge >= 0.3 is 0 Å². The molecule has 0 aliphatic carbocycles. The van der Waals surface area contributed by atoms with Crippen molar-refractivity contribution in [1.29, 1.82) is 0 Å². The van der Waals surface area contributed by atoms with Gasteiger partial charge in [-0.05, 0) is 0 Å². The van der Waals surface area contributed by atoms with E-state index in [9.17, 15) is 0 Å². The average molecular weight is 150 g/mol. The molecule has 0 amide bonds. The summed E-state index contributed by atoms with van der Waals surface area (Å²) in [4.78, 5) is 8.01. The Morgan fingerprint density at radius 3 is 1.80 bits per heavy atom. The molecule has 0 saturated heterocycles. The van der Waals surface area contributed by atoms with Crippen molar-refractivity contribution in [3.8, 4) is 0 Å². The fourth-order valence-corrected chi connectivity index (χ4v) is 0.795. The van der Waals surface area contributed by atoms with Crippen molar-refractivity contribution in [2.24, 2.45) is 0 Å². The third-order valence-corrected chi connectivity index (χ3v) is 1.50. The van der Waals surface area contributed by atoms with E-state index in [0.717, 1.165) is 6.42 Å². The molecule has 4 nitrogen and oxygen atoms in total. The van der Waals surface area contributed by atoms with Gasteiger partial charge in [-0.25, -0.2) is 20.3 Å². The van der Waals surface area contributed by atoms with Crippen molar-refractivity contribution in [1.82, 2.24) is 0 Å². The highest BCUT2D eigenvalue weighted by atomic mass is 17.2. The van der Waals surface area contributed by atoms with Crippen LogP contribution in [0.25, 0.3) is 0 Å². The lowest BCUT2D eigenvalue weighted by Gasteiger charge is -2.23. The average Bonchev–Trinajstić information content (AvgIpc) is 2.01. The highest BCUT2D eigenvalue weighted by molar-refractivity contribution is 4.62. The van der Waals surface area contributed by atoms with E-state index in [0.29, 0.717) is 12.8 Å². The first-order valence-electron chi connectivity index (χ1n) is 3.39. The molecule has 0 unspecified atom stereocenters. The van der Waals surface area contributed by atoms with Crippen LogP contribution < -0.4 is 0 Å². The van der Waals surface area contributed by atoms with E-state index in [-0.39, 0.29) is 0 Å². The lowest BCUT2D eigenvalue weighted by Crippen LogP contribution is -2.32. The molecule has 4 heteroatoms. The van der Waals surface area contributed by atoms with Crippen molar-refractivity contribution in [3.05, 3.63) is 0 Å². The van der Waals surface area contributed by atoms with Gasteiger partial charge in [0.05, 0.1) is 0 Å². The SMILES string of the molecule is CCCC(CC)(OO)OO. The third-order valence-electron chi connectivity index (χ3n) is 1.50. The fraction of sp³-hybridized carbons (Fsp3) is 1.00. The minimum atomic E-state index is -1.21. The molecule has 0 atom stereocenters. The topological polar surface area (TPSA) is 58.9 Å². The second-order valence-electron chi connectivity index (χ2n) is 2.20. The Morgan fingerprint density at radius 2 is 1.70 bits per heavy atom. The monoisotopic (exact) mass is 150 g/mol. The predicted molar refractivity (Wildman–Crippen MR) is 35.4 cm³/mol. The Bertz CT molecular complexity index is 71.6. The van der Waals surface area contributed by atoms with Crippen LogP contribution in [0.1, 0.15) is 33.1 Å². The van der Waals surface area contributed by atoms with Crippen molar-refractivity contribution in [3.63, 3.8) is 0 Å². The van der Waals surface area contributed by atoms with Crippen LogP contribution in [0.3, 0.4) is 0 Å². The van der Waals surface area contributed by atoms with Crippen molar-refractivity contribution in [2.75, 3.05) is 0 Å². The van der Waals surface area contributed by atoms with Crippen LogP contribution >= 0.6 is 0 Å². The van der Waals surface area contributed by atoms with Gasteiger partial charge in [0, 0.05) is 12.8 Å². The van der Waals surface area contributed by atoms with Crippen LogP contribution in [0.5, 0.6) is 0 Å². The molecular weight excluding hydrogens is 136 g/mol. The molecule has 2 N–H and O–H groups in total. The third kappa shape index (κ3) is 2.22. The van der Waals surface area contributed by atoms with Crippen LogP contribution in [0.2, 0.25) is 0 Å². The van der Waals surface area contributed by atoms with Crippen LogP contribution in [0, 0.1) is 0 Å².